The average Bonchev–Trinajstić information content (AvgIpc) is 3.20. The first-order valence-electron chi connectivity index (χ1n) is 9.55. The van der Waals surface area contributed by atoms with Crippen molar-refractivity contribution >= 4 is 29.0 Å². The van der Waals surface area contributed by atoms with Crippen LogP contribution in [-0.4, -0.2) is 37.9 Å². The van der Waals surface area contributed by atoms with Gasteiger partial charge in [-0.05, 0) is 35.4 Å². The monoisotopic (exact) mass is 479 g/mol. The lowest BCUT2D eigenvalue weighted by Gasteiger charge is -2.16. The van der Waals surface area contributed by atoms with Gasteiger partial charge in [-0.3, -0.25) is 4.79 Å². The molecule has 13 heteroatoms. The molecular formula is C20H17ClF3N7O2. The fourth-order valence-corrected chi connectivity index (χ4v) is 3.64. The molecule has 172 valence electrons. The van der Waals surface area contributed by atoms with Gasteiger partial charge in [0.15, 0.2) is 5.69 Å². The summed E-state index contributed by atoms with van der Waals surface area (Å²) in [5, 5.41) is 2.92. The number of nitrogen functional groups attached to an aromatic ring is 1. The molecule has 9 nitrogen and oxygen atoms in total. The van der Waals surface area contributed by atoms with Gasteiger partial charge in [-0.1, -0.05) is 0 Å². The molecule has 0 atom stereocenters. The van der Waals surface area contributed by atoms with Crippen molar-refractivity contribution in [1.29, 1.82) is 0 Å². The zero-order valence-corrected chi connectivity index (χ0v) is 17.9. The fourth-order valence-electron chi connectivity index (χ4n) is 3.46. The summed E-state index contributed by atoms with van der Waals surface area (Å²) in [4.78, 5) is 30.8. The number of rotatable bonds is 5. The number of fused-ring (bicyclic) bond motifs is 1. The standard InChI is InChI=1S/C20H17ClF3N7O2/c1-33-17-15(26-2-3-27-17)18(32)31-8-13-14(9-31)29-19(21)30-16(13)28-7-10-4-11(20(22,23)24)6-12(25)5-10/h2-6H,7-9,25H2,1H3,(H,28,29,30). The maximum absolute atomic E-state index is 13.1. The lowest BCUT2D eigenvalue weighted by Crippen LogP contribution is -2.27. The van der Waals surface area contributed by atoms with Crippen LogP contribution in [0.25, 0.3) is 0 Å². The van der Waals surface area contributed by atoms with Crippen molar-refractivity contribution in [2.45, 2.75) is 25.8 Å². The lowest BCUT2D eigenvalue weighted by atomic mass is 10.1. The third-order valence-corrected chi connectivity index (χ3v) is 5.07. The van der Waals surface area contributed by atoms with E-state index in [1.807, 2.05) is 0 Å². The van der Waals surface area contributed by atoms with Crippen LogP contribution >= 0.6 is 11.6 Å². The first kappa shape index (κ1) is 22.5. The largest absolute Gasteiger partial charge is 0.479 e. The number of halogens is 4. The van der Waals surface area contributed by atoms with Crippen molar-refractivity contribution in [1.82, 2.24) is 24.8 Å². The highest BCUT2D eigenvalue weighted by Gasteiger charge is 2.32. The van der Waals surface area contributed by atoms with E-state index >= 15 is 0 Å². The van der Waals surface area contributed by atoms with Crippen molar-refractivity contribution in [3.63, 3.8) is 0 Å². The van der Waals surface area contributed by atoms with E-state index in [1.165, 1.54) is 30.5 Å². The molecule has 4 rings (SSSR count). The number of carbonyl (C=O) groups is 1. The molecule has 0 fully saturated rings. The van der Waals surface area contributed by atoms with Crippen molar-refractivity contribution in [2.24, 2.45) is 0 Å². The molecule has 0 radical (unpaired) electrons. The molecule has 3 N–H and O–H groups in total. The van der Waals surface area contributed by atoms with Gasteiger partial charge >= 0.3 is 6.18 Å². The summed E-state index contributed by atoms with van der Waals surface area (Å²) in [5.74, 6) is -0.0314. The maximum Gasteiger partial charge on any atom is 0.416 e. The fraction of sp³-hybridized carbons (Fsp3) is 0.250. The number of hydrogen-bond acceptors (Lipinski definition) is 8. The molecule has 0 saturated heterocycles. The van der Waals surface area contributed by atoms with E-state index in [-0.39, 0.29) is 42.2 Å². The van der Waals surface area contributed by atoms with Crippen LogP contribution < -0.4 is 15.8 Å². The van der Waals surface area contributed by atoms with Crippen LogP contribution in [0.4, 0.5) is 24.7 Å². The highest BCUT2D eigenvalue weighted by molar-refractivity contribution is 6.28. The summed E-state index contributed by atoms with van der Waals surface area (Å²) in [7, 11) is 1.38. The van der Waals surface area contributed by atoms with Crippen LogP contribution in [-0.2, 0) is 25.8 Å². The Kier molecular flexibility index (Phi) is 5.93. The minimum Gasteiger partial charge on any atom is -0.479 e. The van der Waals surface area contributed by atoms with Gasteiger partial charge in [0.1, 0.15) is 5.82 Å². The number of carbonyl (C=O) groups excluding carboxylic acids is 1. The quantitative estimate of drug-likeness (QED) is 0.422. The van der Waals surface area contributed by atoms with E-state index in [2.05, 4.69) is 25.3 Å². The number of alkyl halides is 3. The minimum absolute atomic E-state index is 0.000166. The Morgan fingerprint density at radius 1 is 1.21 bits per heavy atom. The Morgan fingerprint density at radius 3 is 2.70 bits per heavy atom. The topological polar surface area (TPSA) is 119 Å². The molecule has 33 heavy (non-hydrogen) atoms. The Bertz CT molecular complexity index is 1220. The normalized spacial score (nSPS) is 13.1. The van der Waals surface area contributed by atoms with Gasteiger partial charge in [-0.15, -0.1) is 0 Å². The van der Waals surface area contributed by atoms with Crippen LogP contribution in [0, 0.1) is 0 Å². The zero-order valence-electron chi connectivity index (χ0n) is 17.1. The molecule has 1 aromatic carbocycles. The predicted molar refractivity (Wildman–Crippen MR) is 112 cm³/mol. The summed E-state index contributed by atoms with van der Waals surface area (Å²) in [6, 6.07) is 3.30. The third kappa shape index (κ3) is 4.75. The zero-order chi connectivity index (χ0) is 23.8. The van der Waals surface area contributed by atoms with Gasteiger partial charge in [0.05, 0.1) is 31.5 Å². The molecule has 0 spiro atoms. The van der Waals surface area contributed by atoms with E-state index in [9.17, 15) is 18.0 Å². The van der Waals surface area contributed by atoms with Crippen molar-refractivity contribution in [2.75, 3.05) is 18.2 Å². The molecule has 1 amide bonds. The van der Waals surface area contributed by atoms with Crippen LogP contribution in [0.1, 0.15) is 32.9 Å². The van der Waals surface area contributed by atoms with E-state index < -0.39 is 17.6 Å². The summed E-state index contributed by atoms with van der Waals surface area (Å²) in [5.41, 5.74) is 6.22. The summed E-state index contributed by atoms with van der Waals surface area (Å²) in [6.07, 6.45) is -1.74. The molecule has 2 aromatic heterocycles. The van der Waals surface area contributed by atoms with Crippen molar-refractivity contribution in [3.8, 4) is 5.88 Å². The second-order valence-electron chi connectivity index (χ2n) is 7.16. The van der Waals surface area contributed by atoms with Gasteiger partial charge in [0.25, 0.3) is 5.91 Å². The molecule has 1 aliphatic rings. The van der Waals surface area contributed by atoms with Crippen LogP contribution in [0.5, 0.6) is 5.88 Å². The maximum atomic E-state index is 13.1. The van der Waals surface area contributed by atoms with E-state index in [0.717, 1.165) is 12.1 Å². The van der Waals surface area contributed by atoms with Crippen molar-refractivity contribution in [3.05, 3.63) is 64.0 Å². The van der Waals surface area contributed by atoms with Crippen LogP contribution in [0.2, 0.25) is 5.28 Å². The predicted octanol–water partition coefficient (Wildman–Crippen LogP) is 3.30. The lowest BCUT2D eigenvalue weighted by molar-refractivity contribution is -0.137. The van der Waals surface area contributed by atoms with E-state index in [0.29, 0.717) is 22.6 Å². The van der Waals surface area contributed by atoms with Crippen LogP contribution in [0.15, 0.2) is 30.6 Å². The van der Waals surface area contributed by atoms with E-state index in [4.69, 9.17) is 22.1 Å². The number of nitrogens with one attached hydrogen (secondary N) is 1. The Balaban J connectivity index is 1.56. The number of aromatic nitrogens is 4. The number of amides is 1. The number of benzene rings is 1. The summed E-state index contributed by atoms with van der Waals surface area (Å²) >= 11 is 6.04. The number of methoxy groups -OCH3 is 1. The number of nitrogens with zero attached hydrogens (tertiary/aromatic N) is 5. The van der Waals surface area contributed by atoms with Crippen molar-refractivity contribution < 1.29 is 22.7 Å². The Hall–Kier alpha value is -3.67. The molecular weight excluding hydrogens is 463 g/mol. The summed E-state index contributed by atoms with van der Waals surface area (Å²) < 4.78 is 44.4. The molecule has 3 aromatic rings. The Labute approximate surface area is 190 Å². The smallest absolute Gasteiger partial charge is 0.416 e. The minimum atomic E-state index is -4.52. The molecule has 0 bridgehead atoms. The highest BCUT2D eigenvalue weighted by atomic mass is 35.5. The highest BCUT2D eigenvalue weighted by Crippen LogP contribution is 2.33. The molecule has 0 unspecified atom stereocenters. The van der Waals surface area contributed by atoms with Gasteiger partial charge in [-0.2, -0.15) is 13.2 Å². The molecule has 1 aliphatic heterocycles. The number of nitrogens with two attached hydrogens (primary N) is 1. The average molecular weight is 480 g/mol. The molecule has 3 heterocycles. The second-order valence-corrected chi connectivity index (χ2v) is 7.49. The second kappa shape index (κ2) is 8.70. The number of ether oxygens (including phenoxy) is 1. The van der Waals surface area contributed by atoms with E-state index in [1.54, 1.807) is 0 Å². The van der Waals surface area contributed by atoms with Crippen LogP contribution in [0.3, 0.4) is 0 Å². The SMILES string of the molecule is COc1nccnc1C(=O)N1Cc2nc(Cl)nc(NCc3cc(N)cc(C(F)(F)F)c3)c2C1. The molecule has 0 aliphatic carbocycles. The van der Waals surface area contributed by atoms with Gasteiger partial charge in [0, 0.05) is 30.2 Å². The van der Waals surface area contributed by atoms with Gasteiger partial charge in [-0.25, -0.2) is 19.9 Å². The number of anilines is 2. The number of hydrogen-bond donors (Lipinski definition) is 2. The Morgan fingerprint density at radius 2 is 1.97 bits per heavy atom. The van der Waals surface area contributed by atoms with Gasteiger partial charge in [0.2, 0.25) is 11.2 Å². The molecule has 0 saturated carbocycles. The first-order chi connectivity index (χ1) is 15.7. The third-order valence-electron chi connectivity index (χ3n) is 4.91. The first-order valence-corrected chi connectivity index (χ1v) is 9.93. The van der Waals surface area contributed by atoms with Gasteiger partial charge < -0.3 is 20.7 Å². The summed E-state index contributed by atoms with van der Waals surface area (Å²) in [6.45, 7) is 0.277.